The number of ether oxygens (including phenoxy) is 2. The van der Waals surface area contributed by atoms with E-state index >= 15 is 0 Å². The van der Waals surface area contributed by atoms with E-state index in [1.807, 2.05) is 0 Å². The summed E-state index contributed by atoms with van der Waals surface area (Å²) in [4.78, 5) is 10.9. The molecule has 0 amide bonds. The molecule has 0 aliphatic heterocycles. The minimum Gasteiger partial charge on any atom is -0.493 e. The van der Waals surface area contributed by atoms with Crippen molar-refractivity contribution in [2.24, 2.45) is 0 Å². The lowest BCUT2D eigenvalue weighted by Crippen LogP contribution is -2.06. The van der Waals surface area contributed by atoms with Gasteiger partial charge in [0.2, 0.25) is 9.84 Å². The molecule has 0 aromatic heterocycles. The summed E-state index contributed by atoms with van der Waals surface area (Å²) in [5, 5.41) is 10.1. The van der Waals surface area contributed by atoms with Crippen molar-refractivity contribution in [2.75, 3.05) is 13.7 Å². The van der Waals surface area contributed by atoms with Crippen LogP contribution in [0.5, 0.6) is 11.5 Å². The van der Waals surface area contributed by atoms with Gasteiger partial charge in [0.15, 0.2) is 11.5 Å². The Kier molecular flexibility index (Phi) is 6.04. The van der Waals surface area contributed by atoms with Gasteiger partial charge in [0.1, 0.15) is 6.61 Å². The molecule has 134 valence electrons. The van der Waals surface area contributed by atoms with Gasteiger partial charge in [-0.3, -0.25) is 0 Å². The molecule has 0 radical (unpaired) electrons. The molecule has 0 bridgehead atoms. The van der Waals surface area contributed by atoms with Gasteiger partial charge >= 0.3 is 5.97 Å². The predicted octanol–water partition coefficient (Wildman–Crippen LogP) is 2.85. The predicted molar refractivity (Wildman–Crippen MR) is 96.9 cm³/mol. The topological polar surface area (TPSA) is 89.9 Å². The molecular weight excluding hydrogens is 356 g/mol. The Hall–Kier alpha value is -3.24. The fraction of sp³-hybridized carbons (Fsp3) is 0.105. The normalized spacial score (nSPS) is 11.1. The Morgan fingerprint density at radius 1 is 1.23 bits per heavy atom. The number of hydrogen-bond donors (Lipinski definition) is 1. The molecule has 1 N–H and O–H groups in total. The van der Waals surface area contributed by atoms with Crippen LogP contribution in [0.1, 0.15) is 15.9 Å². The van der Waals surface area contributed by atoms with Crippen LogP contribution in [-0.4, -0.2) is 33.2 Å². The number of aromatic carboxylic acids is 1. The van der Waals surface area contributed by atoms with E-state index < -0.39 is 15.8 Å². The number of carbonyl (C=O) groups is 1. The van der Waals surface area contributed by atoms with Gasteiger partial charge in [-0.25, -0.2) is 13.2 Å². The van der Waals surface area contributed by atoms with Crippen LogP contribution in [0.4, 0.5) is 0 Å². The lowest BCUT2D eigenvalue weighted by Gasteiger charge is -2.09. The summed E-state index contributed by atoms with van der Waals surface area (Å²) in [6, 6.07) is 10.2. The highest BCUT2D eigenvalue weighted by Crippen LogP contribution is 2.29. The average molecular weight is 372 g/mol. The average Bonchev–Trinajstić information content (AvgIpc) is 2.64. The van der Waals surface area contributed by atoms with Gasteiger partial charge in [0, 0.05) is 5.41 Å². The van der Waals surface area contributed by atoms with Crippen LogP contribution in [0.3, 0.4) is 0 Å². The summed E-state index contributed by atoms with van der Waals surface area (Å²) in [7, 11) is -2.47. The fourth-order valence-corrected chi connectivity index (χ4v) is 3.38. The number of methoxy groups -OCH3 is 1. The molecule has 26 heavy (non-hydrogen) atoms. The van der Waals surface area contributed by atoms with Crippen molar-refractivity contribution in [2.45, 2.75) is 4.90 Å². The standard InChI is InChI=1S/C19H16O6S/c1-3-11-25-17-13-14(8-9-16(17)24-2)10-12-26(22,23)18-7-5-4-6-15(18)19(20)21/h1,4-10,12-13H,11H2,2H3,(H,20,21)/b12-10+. The van der Waals surface area contributed by atoms with E-state index in [1.165, 1.54) is 37.5 Å². The number of sulfone groups is 1. The van der Waals surface area contributed by atoms with E-state index in [-0.39, 0.29) is 17.1 Å². The molecule has 0 unspecified atom stereocenters. The summed E-state index contributed by atoms with van der Waals surface area (Å²) in [6.07, 6.45) is 6.51. The quantitative estimate of drug-likeness (QED) is 0.752. The van der Waals surface area contributed by atoms with Gasteiger partial charge < -0.3 is 14.6 Å². The van der Waals surface area contributed by atoms with E-state index in [2.05, 4.69) is 5.92 Å². The van der Waals surface area contributed by atoms with Crippen LogP contribution in [-0.2, 0) is 9.84 Å². The molecule has 0 saturated carbocycles. The van der Waals surface area contributed by atoms with Crippen molar-refractivity contribution in [3.8, 4) is 23.8 Å². The first-order valence-corrected chi connectivity index (χ1v) is 8.93. The maximum absolute atomic E-state index is 12.5. The molecule has 2 aromatic carbocycles. The number of terminal acetylenes is 1. The molecule has 0 atom stereocenters. The van der Waals surface area contributed by atoms with E-state index in [0.29, 0.717) is 17.1 Å². The van der Waals surface area contributed by atoms with Crippen LogP contribution in [0.2, 0.25) is 0 Å². The third-order valence-electron chi connectivity index (χ3n) is 3.36. The fourth-order valence-electron chi connectivity index (χ4n) is 2.16. The Balaban J connectivity index is 2.37. The smallest absolute Gasteiger partial charge is 0.337 e. The first-order chi connectivity index (χ1) is 12.4. The van der Waals surface area contributed by atoms with Crippen LogP contribution < -0.4 is 9.47 Å². The summed E-state index contributed by atoms with van der Waals surface area (Å²) in [5.41, 5.74) is 0.235. The Morgan fingerprint density at radius 2 is 1.96 bits per heavy atom. The largest absolute Gasteiger partial charge is 0.493 e. The molecule has 2 aromatic rings. The SMILES string of the molecule is C#CCOc1cc(/C=C/S(=O)(=O)c2ccccc2C(=O)O)ccc1OC. The molecule has 0 saturated heterocycles. The first kappa shape index (κ1) is 19.1. The molecule has 2 rings (SSSR count). The zero-order valence-electron chi connectivity index (χ0n) is 13.9. The second-order valence-electron chi connectivity index (χ2n) is 5.05. The van der Waals surface area contributed by atoms with Gasteiger partial charge in [-0.15, -0.1) is 6.42 Å². The maximum atomic E-state index is 12.5. The van der Waals surface area contributed by atoms with Gasteiger partial charge in [-0.05, 0) is 35.9 Å². The Morgan fingerprint density at radius 3 is 2.62 bits per heavy atom. The summed E-state index contributed by atoms with van der Waals surface area (Å²) in [5.74, 6) is 1.85. The van der Waals surface area contributed by atoms with Crippen molar-refractivity contribution in [1.82, 2.24) is 0 Å². The zero-order chi connectivity index (χ0) is 19.2. The van der Waals surface area contributed by atoms with E-state index in [9.17, 15) is 13.2 Å². The minimum atomic E-state index is -3.95. The lowest BCUT2D eigenvalue weighted by molar-refractivity contribution is 0.0692. The van der Waals surface area contributed by atoms with Gasteiger partial charge in [0.05, 0.1) is 17.6 Å². The Labute approximate surface area is 151 Å². The molecule has 0 aliphatic rings. The second kappa shape index (κ2) is 8.23. The zero-order valence-corrected chi connectivity index (χ0v) is 14.7. The summed E-state index contributed by atoms with van der Waals surface area (Å²) >= 11 is 0. The number of carboxylic acids is 1. The third-order valence-corrected chi connectivity index (χ3v) is 4.83. The highest BCUT2D eigenvalue weighted by atomic mass is 32.2. The number of benzene rings is 2. The summed E-state index contributed by atoms with van der Waals surface area (Å²) in [6.45, 7) is 0.0355. The van der Waals surface area contributed by atoms with E-state index in [1.54, 1.807) is 18.2 Å². The van der Waals surface area contributed by atoms with Crippen LogP contribution in [0.25, 0.3) is 6.08 Å². The molecule has 7 heteroatoms. The van der Waals surface area contributed by atoms with Gasteiger partial charge in [0.25, 0.3) is 0 Å². The monoisotopic (exact) mass is 372 g/mol. The van der Waals surface area contributed by atoms with Crippen molar-refractivity contribution in [3.05, 3.63) is 59.0 Å². The lowest BCUT2D eigenvalue weighted by atomic mass is 10.2. The summed E-state index contributed by atoms with van der Waals surface area (Å²) < 4.78 is 35.5. The third kappa shape index (κ3) is 4.43. The van der Waals surface area contributed by atoms with E-state index in [0.717, 1.165) is 5.41 Å². The van der Waals surface area contributed by atoms with Crippen molar-refractivity contribution in [1.29, 1.82) is 0 Å². The van der Waals surface area contributed by atoms with Gasteiger partial charge in [-0.2, -0.15) is 0 Å². The van der Waals surface area contributed by atoms with Crippen molar-refractivity contribution in [3.63, 3.8) is 0 Å². The molecular formula is C19H16O6S. The molecule has 0 aliphatic carbocycles. The van der Waals surface area contributed by atoms with Crippen molar-refractivity contribution >= 4 is 21.9 Å². The maximum Gasteiger partial charge on any atom is 0.337 e. The number of rotatable bonds is 7. The molecule has 0 heterocycles. The van der Waals surface area contributed by atoms with Crippen LogP contribution >= 0.6 is 0 Å². The van der Waals surface area contributed by atoms with Crippen LogP contribution in [0, 0.1) is 12.3 Å². The Bertz CT molecular complexity index is 983. The minimum absolute atomic E-state index is 0.0355. The molecule has 6 nitrogen and oxygen atoms in total. The van der Waals surface area contributed by atoms with Crippen LogP contribution in [0.15, 0.2) is 52.8 Å². The highest BCUT2D eigenvalue weighted by molar-refractivity contribution is 7.94. The number of hydrogen-bond acceptors (Lipinski definition) is 5. The number of carboxylic acid groups (broad SMARTS) is 1. The van der Waals surface area contributed by atoms with Gasteiger partial charge in [-0.1, -0.05) is 24.1 Å². The van der Waals surface area contributed by atoms with E-state index in [4.69, 9.17) is 21.0 Å². The second-order valence-corrected chi connectivity index (χ2v) is 6.85. The molecule has 0 spiro atoms. The van der Waals surface area contributed by atoms with Crippen molar-refractivity contribution < 1.29 is 27.8 Å². The molecule has 0 fully saturated rings. The first-order valence-electron chi connectivity index (χ1n) is 7.39. The highest BCUT2D eigenvalue weighted by Gasteiger charge is 2.19.